The SMILES string of the molecule is C/C(CC(C)(C)c1ccccc1)=N/NC(=O)CN(c1ccccc1F)S(=O)(=O)c1ccccc1. The summed E-state index contributed by atoms with van der Waals surface area (Å²) in [5, 5.41) is 4.16. The third-order valence-corrected chi connectivity index (χ3v) is 7.14. The van der Waals surface area contributed by atoms with Gasteiger partial charge in [-0.05, 0) is 48.6 Å². The van der Waals surface area contributed by atoms with Gasteiger partial charge in [0.25, 0.3) is 15.9 Å². The summed E-state index contributed by atoms with van der Waals surface area (Å²) in [6.07, 6.45) is 0.580. The largest absolute Gasteiger partial charge is 0.271 e. The van der Waals surface area contributed by atoms with Crippen LogP contribution in [0.1, 0.15) is 32.8 Å². The normalized spacial score (nSPS) is 12.3. The molecule has 0 fully saturated rings. The fraction of sp³-hybridized carbons (Fsp3) is 0.231. The average Bonchev–Trinajstić information content (AvgIpc) is 2.82. The van der Waals surface area contributed by atoms with Gasteiger partial charge in [-0.15, -0.1) is 0 Å². The van der Waals surface area contributed by atoms with Gasteiger partial charge in [-0.2, -0.15) is 5.10 Å². The number of nitrogens with zero attached hydrogens (tertiary/aromatic N) is 2. The molecule has 178 valence electrons. The van der Waals surface area contributed by atoms with Crippen LogP contribution >= 0.6 is 0 Å². The van der Waals surface area contributed by atoms with Crippen LogP contribution in [0.2, 0.25) is 0 Å². The van der Waals surface area contributed by atoms with Crippen LogP contribution in [0.4, 0.5) is 10.1 Å². The molecular formula is C26H28FN3O3S. The van der Waals surface area contributed by atoms with Crippen LogP contribution < -0.4 is 9.73 Å². The molecule has 0 radical (unpaired) electrons. The number of para-hydroxylation sites is 1. The quantitative estimate of drug-likeness (QED) is 0.349. The van der Waals surface area contributed by atoms with E-state index in [-0.39, 0.29) is 16.0 Å². The minimum Gasteiger partial charge on any atom is -0.271 e. The molecule has 34 heavy (non-hydrogen) atoms. The molecule has 1 amide bonds. The second-order valence-electron chi connectivity index (χ2n) is 8.58. The molecule has 0 saturated heterocycles. The molecule has 0 unspecified atom stereocenters. The summed E-state index contributed by atoms with van der Waals surface area (Å²) in [6.45, 7) is 5.32. The number of carbonyl (C=O) groups is 1. The van der Waals surface area contributed by atoms with E-state index in [0.717, 1.165) is 15.9 Å². The molecule has 0 aliphatic rings. The fourth-order valence-corrected chi connectivity index (χ4v) is 5.12. The molecule has 3 aromatic carbocycles. The van der Waals surface area contributed by atoms with Crippen molar-refractivity contribution in [2.75, 3.05) is 10.8 Å². The number of hydrazone groups is 1. The van der Waals surface area contributed by atoms with Crippen LogP contribution in [0.3, 0.4) is 0 Å². The fourth-order valence-electron chi connectivity index (χ4n) is 3.67. The van der Waals surface area contributed by atoms with Crippen LogP contribution in [0, 0.1) is 5.82 Å². The number of benzene rings is 3. The first-order valence-electron chi connectivity index (χ1n) is 10.8. The number of anilines is 1. The monoisotopic (exact) mass is 481 g/mol. The summed E-state index contributed by atoms with van der Waals surface area (Å²) in [6, 6.07) is 23.0. The van der Waals surface area contributed by atoms with Crippen molar-refractivity contribution in [1.82, 2.24) is 5.43 Å². The molecule has 3 aromatic rings. The number of hydrogen-bond acceptors (Lipinski definition) is 4. The van der Waals surface area contributed by atoms with Crippen LogP contribution in [-0.2, 0) is 20.2 Å². The van der Waals surface area contributed by atoms with E-state index in [0.29, 0.717) is 12.1 Å². The third-order valence-electron chi connectivity index (χ3n) is 5.36. The summed E-state index contributed by atoms with van der Waals surface area (Å²) in [5.41, 5.74) is 3.80. The highest BCUT2D eigenvalue weighted by Crippen LogP contribution is 2.28. The highest BCUT2D eigenvalue weighted by Gasteiger charge is 2.29. The number of rotatable bonds is 9. The summed E-state index contributed by atoms with van der Waals surface area (Å²) < 4.78 is 41.8. The van der Waals surface area contributed by atoms with Gasteiger partial charge in [-0.3, -0.25) is 9.10 Å². The van der Waals surface area contributed by atoms with Crippen molar-refractivity contribution in [2.45, 2.75) is 37.5 Å². The molecule has 0 aliphatic carbocycles. The summed E-state index contributed by atoms with van der Waals surface area (Å²) in [5.74, 6) is -1.43. The van der Waals surface area contributed by atoms with E-state index in [1.165, 1.54) is 30.3 Å². The van der Waals surface area contributed by atoms with Gasteiger partial charge in [-0.25, -0.2) is 18.2 Å². The van der Waals surface area contributed by atoms with Crippen molar-refractivity contribution in [3.63, 3.8) is 0 Å². The van der Waals surface area contributed by atoms with Crippen LogP contribution in [0.5, 0.6) is 0 Å². The first-order chi connectivity index (χ1) is 16.1. The van der Waals surface area contributed by atoms with E-state index in [1.54, 1.807) is 25.1 Å². The molecule has 0 spiro atoms. The van der Waals surface area contributed by atoms with Crippen LogP contribution in [-0.4, -0.2) is 26.6 Å². The number of hydrogen-bond donors (Lipinski definition) is 1. The second-order valence-corrected chi connectivity index (χ2v) is 10.4. The lowest BCUT2D eigenvalue weighted by Crippen LogP contribution is -2.40. The maximum absolute atomic E-state index is 14.5. The molecule has 8 heteroatoms. The zero-order valence-electron chi connectivity index (χ0n) is 19.4. The van der Waals surface area contributed by atoms with Gasteiger partial charge in [-0.1, -0.05) is 74.5 Å². The Hall–Kier alpha value is -3.52. The molecule has 0 atom stereocenters. The van der Waals surface area contributed by atoms with E-state index < -0.39 is 28.3 Å². The molecule has 0 aromatic heterocycles. The molecule has 0 bridgehead atoms. The number of carbonyl (C=O) groups excluding carboxylic acids is 1. The predicted molar refractivity (Wildman–Crippen MR) is 133 cm³/mol. The van der Waals surface area contributed by atoms with Gasteiger partial charge in [0.1, 0.15) is 12.4 Å². The first kappa shape index (κ1) is 25.1. The van der Waals surface area contributed by atoms with Crippen molar-refractivity contribution in [1.29, 1.82) is 0 Å². The van der Waals surface area contributed by atoms with Crippen LogP contribution in [0.15, 0.2) is 94.9 Å². The molecule has 6 nitrogen and oxygen atoms in total. The minimum absolute atomic E-state index is 0.0460. The highest BCUT2D eigenvalue weighted by atomic mass is 32.2. The number of amides is 1. The van der Waals surface area contributed by atoms with Gasteiger partial charge in [0.2, 0.25) is 0 Å². The first-order valence-corrected chi connectivity index (χ1v) is 12.2. The summed E-state index contributed by atoms with van der Waals surface area (Å²) >= 11 is 0. The Bertz CT molecular complexity index is 1260. The molecule has 0 heterocycles. The maximum Gasteiger partial charge on any atom is 0.264 e. The van der Waals surface area contributed by atoms with Gasteiger partial charge < -0.3 is 0 Å². The van der Waals surface area contributed by atoms with E-state index in [2.05, 4.69) is 24.4 Å². The van der Waals surface area contributed by atoms with Crippen LogP contribution in [0.25, 0.3) is 0 Å². The topological polar surface area (TPSA) is 78.8 Å². The Morgan fingerprint density at radius 2 is 1.50 bits per heavy atom. The molecule has 0 aliphatic heterocycles. The lowest BCUT2D eigenvalue weighted by atomic mass is 9.80. The Kier molecular flexibility index (Phi) is 7.83. The zero-order chi connectivity index (χ0) is 24.8. The van der Waals surface area contributed by atoms with E-state index >= 15 is 0 Å². The van der Waals surface area contributed by atoms with Gasteiger partial charge >= 0.3 is 0 Å². The van der Waals surface area contributed by atoms with Crippen molar-refractivity contribution in [2.24, 2.45) is 5.10 Å². The van der Waals surface area contributed by atoms with Crippen molar-refractivity contribution < 1.29 is 17.6 Å². The van der Waals surface area contributed by atoms with E-state index in [4.69, 9.17) is 0 Å². The second kappa shape index (κ2) is 10.6. The predicted octanol–water partition coefficient (Wildman–Crippen LogP) is 4.88. The molecule has 3 rings (SSSR count). The Morgan fingerprint density at radius 3 is 2.12 bits per heavy atom. The standard InChI is InChI=1S/C26H28FN3O3S/c1-20(18-26(2,3)21-12-6-4-7-13-21)28-29-25(31)19-30(24-17-11-10-16-23(24)27)34(32,33)22-14-8-5-9-15-22/h4-17H,18-19H2,1-3H3,(H,29,31)/b28-20-. The van der Waals surface area contributed by atoms with E-state index in [1.807, 2.05) is 30.3 Å². The van der Waals surface area contributed by atoms with Gasteiger partial charge in [0.05, 0.1) is 10.6 Å². The Labute approximate surface area is 200 Å². The smallest absolute Gasteiger partial charge is 0.264 e. The Balaban J connectivity index is 1.79. The highest BCUT2D eigenvalue weighted by molar-refractivity contribution is 7.92. The van der Waals surface area contributed by atoms with Crippen molar-refractivity contribution in [3.05, 3.63) is 96.3 Å². The number of sulfonamides is 1. The summed E-state index contributed by atoms with van der Waals surface area (Å²) in [7, 11) is -4.19. The average molecular weight is 482 g/mol. The minimum atomic E-state index is -4.19. The van der Waals surface area contributed by atoms with Crippen molar-refractivity contribution >= 4 is 27.3 Å². The third kappa shape index (κ3) is 6.08. The summed E-state index contributed by atoms with van der Waals surface area (Å²) in [4.78, 5) is 12.7. The zero-order valence-corrected chi connectivity index (χ0v) is 20.2. The molecule has 1 N–H and O–H groups in total. The van der Waals surface area contributed by atoms with Gasteiger partial charge in [0, 0.05) is 5.71 Å². The van der Waals surface area contributed by atoms with Crippen molar-refractivity contribution in [3.8, 4) is 0 Å². The number of nitrogens with one attached hydrogen (secondary N) is 1. The maximum atomic E-state index is 14.5. The lowest BCUT2D eigenvalue weighted by molar-refractivity contribution is -0.119. The molecular weight excluding hydrogens is 453 g/mol. The molecule has 0 saturated carbocycles. The van der Waals surface area contributed by atoms with Gasteiger partial charge in [0.15, 0.2) is 0 Å². The van der Waals surface area contributed by atoms with E-state index in [9.17, 15) is 17.6 Å². The lowest BCUT2D eigenvalue weighted by Gasteiger charge is -2.25. The number of halogens is 1. The Morgan fingerprint density at radius 1 is 0.941 bits per heavy atom.